The van der Waals surface area contributed by atoms with Crippen LogP contribution in [0, 0.1) is 0 Å². The van der Waals surface area contributed by atoms with Crippen LogP contribution in [0.5, 0.6) is 5.75 Å². The molecule has 0 fully saturated rings. The zero-order valence-electron chi connectivity index (χ0n) is 20.4. The Morgan fingerprint density at radius 1 is 0.750 bits per heavy atom. The molecule has 0 aromatic heterocycles. The molecule has 0 aliphatic rings. The summed E-state index contributed by atoms with van der Waals surface area (Å²) in [5, 5.41) is 0. The number of benzene rings is 2. The van der Waals surface area contributed by atoms with Crippen molar-refractivity contribution in [1.82, 2.24) is 0 Å². The second-order valence-electron chi connectivity index (χ2n) is 8.81. The molecule has 0 heterocycles. The van der Waals surface area contributed by atoms with E-state index in [1.165, 1.54) is 61.6 Å². The van der Waals surface area contributed by atoms with Gasteiger partial charge in [0.2, 0.25) is 0 Å². The van der Waals surface area contributed by atoms with Crippen molar-refractivity contribution in [2.75, 3.05) is 6.61 Å². The van der Waals surface area contributed by atoms with Gasteiger partial charge >= 0.3 is 5.97 Å². The maximum atomic E-state index is 12.0. The number of carbonyl (C=O) groups is 1. The molecule has 0 aliphatic carbocycles. The first-order valence-electron chi connectivity index (χ1n) is 12.6. The number of unbranched alkanes of at least 4 members (excludes halogenated alkanes) is 7. The zero-order chi connectivity index (χ0) is 23.0. The summed E-state index contributed by atoms with van der Waals surface area (Å²) in [7, 11) is 0. The standard InChI is InChI=1S/C29H42O3/c1-4-6-8-9-10-12-14-29(30)32-24(3)23-31-28-21-19-27(20-22-28)26-17-15-25(16-18-26)13-11-7-5-2/h15-22,24H,4-14,23H2,1-3H3. The molecule has 1 atom stereocenters. The van der Waals surface area contributed by atoms with Crippen LogP contribution in [0.2, 0.25) is 0 Å². The Labute approximate surface area is 195 Å². The topological polar surface area (TPSA) is 35.5 Å². The van der Waals surface area contributed by atoms with Crippen LogP contribution in [-0.4, -0.2) is 18.7 Å². The van der Waals surface area contributed by atoms with Crippen LogP contribution in [-0.2, 0) is 16.0 Å². The highest BCUT2D eigenvalue weighted by atomic mass is 16.6. The summed E-state index contributed by atoms with van der Waals surface area (Å²) in [5.74, 6) is 0.675. The van der Waals surface area contributed by atoms with Crippen LogP contribution in [0.3, 0.4) is 0 Å². The SMILES string of the molecule is CCCCCCCCC(=O)OC(C)COc1ccc(-c2ccc(CCCCC)cc2)cc1. The lowest BCUT2D eigenvalue weighted by molar-refractivity contribution is -0.149. The van der Waals surface area contributed by atoms with Crippen LogP contribution in [0.1, 0.15) is 90.5 Å². The highest BCUT2D eigenvalue weighted by Gasteiger charge is 2.10. The number of rotatable bonds is 16. The molecule has 1 unspecified atom stereocenters. The monoisotopic (exact) mass is 438 g/mol. The largest absolute Gasteiger partial charge is 0.490 e. The fourth-order valence-electron chi connectivity index (χ4n) is 3.77. The Kier molecular flexibility index (Phi) is 12.6. The average molecular weight is 439 g/mol. The van der Waals surface area contributed by atoms with E-state index < -0.39 is 0 Å². The quantitative estimate of drug-likeness (QED) is 0.196. The molecule has 0 N–H and O–H groups in total. The fourth-order valence-corrected chi connectivity index (χ4v) is 3.77. The Morgan fingerprint density at radius 3 is 1.97 bits per heavy atom. The first-order valence-corrected chi connectivity index (χ1v) is 12.6. The third-order valence-electron chi connectivity index (χ3n) is 5.76. The number of hydrogen-bond acceptors (Lipinski definition) is 3. The van der Waals surface area contributed by atoms with Crippen molar-refractivity contribution in [3.05, 3.63) is 54.1 Å². The van der Waals surface area contributed by atoms with E-state index in [0.29, 0.717) is 13.0 Å². The van der Waals surface area contributed by atoms with E-state index in [4.69, 9.17) is 9.47 Å². The van der Waals surface area contributed by atoms with Crippen molar-refractivity contribution in [2.45, 2.75) is 97.5 Å². The third-order valence-corrected chi connectivity index (χ3v) is 5.76. The van der Waals surface area contributed by atoms with E-state index in [9.17, 15) is 4.79 Å². The fraction of sp³-hybridized carbons (Fsp3) is 0.552. The summed E-state index contributed by atoms with van der Waals surface area (Å²) in [6.07, 6.45) is 12.2. The van der Waals surface area contributed by atoms with Crippen LogP contribution < -0.4 is 4.74 Å². The summed E-state index contributed by atoms with van der Waals surface area (Å²) in [5.41, 5.74) is 3.80. The molecule has 2 aromatic carbocycles. The average Bonchev–Trinajstić information content (AvgIpc) is 2.81. The Balaban J connectivity index is 1.69. The van der Waals surface area contributed by atoms with Crippen LogP contribution in [0.4, 0.5) is 0 Å². The van der Waals surface area contributed by atoms with E-state index in [1.54, 1.807) is 0 Å². The van der Waals surface area contributed by atoms with Crippen LogP contribution >= 0.6 is 0 Å². The summed E-state index contributed by atoms with van der Waals surface area (Å²) in [4.78, 5) is 12.0. The van der Waals surface area contributed by atoms with E-state index in [1.807, 2.05) is 19.1 Å². The maximum Gasteiger partial charge on any atom is 0.306 e. The molecule has 3 nitrogen and oxygen atoms in total. The number of esters is 1. The number of ether oxygens (including phenoxy) is 2. The summed E-state index contributed by atoms with van der Waals surface area (Å²) >= 11 is 0. The molecule has 176 valence electrons. The van der Waals surface area contributed by atoms with E-state index in [2.05, 4.69) is 50.2 Å². The van der Waals surface area contributed by atoms with E-state index in [0.717, 1.165) is 25.0 Å². The molecular weight excluding hydrogens is 396 g/mol. The van der Waals surface area contributed by atoms with Gasteiger partial charge in [-0.1, -0.05) is 95.2 Å². The lowest BCUT2D eigenvalue weighted by Crippen LogP contribution is -2.21. The molecule has 0 radical (unpaired) electrons. The van der Waals surface area contributed by atoms with Gasteiger partial charge in [-0.05, 0) is 55.0 Å². The smallest absolute Gasteiger partial charge is 0.306 e. The first-order chi connectivity index (χ1) is 15.6. The molecule has 32 heavy (non-hydrogen) atoms. The minimum Gasteiger partial charge on any atom is -0.490 e. The van der Waals surface area contributed by atoms with Crippen molar-refractivity contribution in [1.29, 1.82) is 0 Å². The minimum atomic E-state index is -0.248. The second kappa shape index (κ2) is 15.5. The van der Waals surface area contributed by atoms with Crippen molar-refractivity contribution in [3.63, 3.8) is 0 Å². The molecule has 0 aliphatic heterocycles. The van der Waals surface area contributed by atoms with Gasteiger partial charge in [-0.25, -0.2) is 0 Å². The van der Waals surface area contributed by atoms with E-state index >= 15 is 0 Å². The Morgan fingerprint density at radius 2 is 1.31 bits per heavy atom. The minimum absolute atomic E-state index is 0.120. The number of aryl methyl sites for hydroxylation is 1. The maximum absolute atomic E-state index is 12.0. The van der Waals surface area contributed by atoms with Crippen molar-refractivity contribution in [2.24, 2.45) is 0 Å². The van der Waals surface area contributed by atoms with Gasteiger partial charge in [0.05, 0.1) is 0 Å². The second-order valence-corrected chi connectivity index (χ2v) is 8.81. The Bertz CT molecular complexity index is 749. The van der Waals surface area contributed by atoms with Crippen LogP contribution in [0.25, 0.3) is 11.1 Å². The van der Waals surface area contributed by atoms with Crippen molar-refractivity contribution in [3.8, 4) is 16.9 Å². The predicted octanol–water partition coefficient (Wildman–Crippen LogP) is 8.15. The summed E-state index contributed by atoms with van der Waals surface area (Å²) in [6.45, 7) is 6.70. The van der Waals surface area contributed by atoms with Gasteiger partial charge in [-0.3, -0.25) is 4.79 Å². The molecule has 0 spiro atoms. The number of hydrogen-bond donors (Lipinski definition) is 0. The van der Waals surface area contributed by atoms with Gasteiger partial charge in [-0.2, -0.15) is 0 Å². The van der Waals surface area contributed by atoms with Gasteiger partial charge in [0.25, 0.3) is 0 Å². The summed E-state index contributed by atoms with van der Waals surface area (Å²) < 4.78 is 11.3. The number of carbonyl (C=O) groups excluding carboxylic acids is 1. The molecule has 3 heteroatoms. The molecule has 0 saturated heterocycles. The normalized spacial score (nSPS) is 11.8. The first kappa shape index (κ1) is 26.0. The Hall–Kier alpha value is -2.29. The van der Waals surface area contributed by atoms with Crippen molar-refractivity contribution >= 4 is 5.97 Å². The van der Waals surface area contributed by atoms with Gasteiger partial charge in [0.15, 0.2) is 0 Å². The van der Waals surface area contributed by atoms with Crippen LogP contribution in [0.15, 0.2) is 48.5 Å². The molecule has 2 rings (SSSR count). The van der Waals surface area contributed by atoms with E-state index in [-0.39, 0.29) is 12.1 Å². The molecule has 2 aromatic rings. The van der Waals surface area contributed by atoms with Gasteiger partial charge in [-0.15, -0.1) is 0 Å². The van der Waals surface area contributed by atoms with Gasteiger partial charge in [0.1, 0.15) is 18.5 Å². The highest BCUT2D eigenvalue weighted by molar-refractivity contribution is 5.69. The van der Waals surface area contributed by atoms with Gasteiger partial charge < -0.3 is 9.47 Å². The lowest BCUT2D eigenvalue weighted by atomic mass is 10.0. The van der Waals surface area contributed by atoms with Crippen molar-refractivity contribution < 1.29 is 14.3 Å². The molecular formula is C29H42O3. The molecule has 0 bridgehead atoms. The summed E-state index contributed by atoms with van der Waals surface area (Å²) in [6, 6.07) is 17.0. The molecule has 0 amide bonds. The predicted molar refractivity (Wildman–Crippen MR) is 134 cm³/mol. The zero-order valence-corrected chi connectivity index (χ0v) is 20.4. The molecule has 0 saturated carbocycles. The lowest BCUT2D eigenvalue weighted by Gasteiger charge is -2.15. The third kappa shape index (κ3) is 10.3. The van der Waals surface area contributed by atoms with Gasteiger partial charge in [0, 0.05) is 6.42 Å². The highest BCUT2D eigenvalue weighted by Crippen LogP contribution is 2.23.